The minimum absolute atomic E-state index is 0.0451. The lowest BCUT2D eigenvalue weighted by molar-refractivity contribution is -0.133. The molecule has 0 bridgehead atoms. The minimum atomic E-state index is -2.83. The van der Waals surface area contributed by atoms with Gasteiger partial charge in [0.1, 0.15) is 0 Å². The van der Waals surface area contributed by atoms with Gasteiger partial charge in [-0.1, -0.05) is 20.8 Å². The number of hydrogen-bond acceptors (Lipinski definition) is 1. The summed E-state index contributed by atoms with van der Waals surface area (Å²) in [6, 6.07) is -0.996. The molecule has 0 spiro atoms. The summed E-state index contributed by atoms with van der Waals surface area (Å²) >= 11 is 0. The second-order valence-corrected chi connectivity index (χ2v) is 5.49. The standard InChI is InChI=1S/C11H19F2NO/c1-10(2,3)9(15)14-8(7-5-6-7)11(4,12)13/h7-8H,5-6H2,1-4H3,(H,14,15). The molecule has 1 fully saturated rings. The molecule has 4 heteroatoms. The topological polar surface area (TPSA) is 29.1 Å². The van der Waals surface area contributed by atoms with Gasteiger partial charge in [0.15, 0.2) is 0 Å². The fourth-order valence-corrected chi connectivity index (χ4v) is 1.45. The van der Waals surface area contributed by atoms with Crippen LogP contribution in [0.2, 0.25) is 0 Å². The SMILES string of the molecule is CC(C)(C)C(=O)NC(C1CC1)C(C)(F)F. The highest BCUT2D eigenvalue weighted by Crippen LogP contribution is 2.39. The van der Waals surface area contributed by atoms with Gasteiger partial charge in [-0.2, -0.15) is 0 Å². The van der Waals surface area contributed by atoms with E-state index in [1.807, 2.05) is 0 Å². The zero-order valence-corrected chi connectivity index (χ0v) is 9.73. The van der Waals surface area contributed by atoms with Crippen molar-refractivity contribution in [3.8, 4) is 0 Å². The van der Waals surface area contributed by atoms with Gasteiger partial charge in [-0.05, 0) is 18.8 Å². The summed E-state index contributed by atoms with van der Waals surface area (Å²) in [7, 11) is 0. The van der Waals surface area contributed by atoms with Crippen molar-refractivity contribution in [1.82, 2.24) is 5.32 Å². The van der Waals surface area contributed by atoms with Crippen LogP contribution in [-0.2, 0) is 4.79 Å². The molecule has 0 aromatic rings. The van der Waals surface area contributed by atoms with Crippen LogP contribution in [0.4, 0.5) is 8.78 Å². The van der Waals surface area contributed by atoms with Crippen molar-refractivity contribution in [3.05, 3.63) is 0 Å². The Morgan fingerprint density at radius 1 is 1.27 bits per heavy atom. The molecule has 88 valence electrons. The second-order valence-electron chi connectivity index (χ2n) is 5.49. The van der Waals surface area contributed by atoms with Crippen LogP contribution in [0, 0.1) is 11.3 Å². The van der Waals surface area contributed by atoms with E-state index in [0.29, 0.717) is 0 Å². The molecule has 15 heavy (non-hydrogen) atoms. The van der Waals surface area contributed by atoms with Crippen molar-refractivity contribution >= 4 is 5.91 Å². The maximum Gasteiger partial charge on any atom is 0.265 e. The van der Waals surface area contributed by atoms with Crippen LogP contribution < -0.4 is 5.32 Å². The van der Waals surface area contributed by atoms with E-state index in [1.165, 1.54) is 0 Å². The summed E-state index contributed by atoms with van der Waals surface area (Å²) in [5, 5.41) is 2.47. The van der Waals surface area contributed by atoms with Crippen LogP contribution in [0.25, 0.3) is 0 Å². The van der Waals surface area contributed by atoms with E-state index in [0.717, 1.165) is 19.8 Å². The molecular weight excluding hydrogens is 200 g/mol. The van der Waals surface area contributed by atoms with E-state index < -0.39 is 17.4 Å². The molecule has 0 heterocycles. The Hall–Kier alpha value is -0.670. The monoisotopic (exact) mass is 219 g/mol. The molecule has 0 aliphatic heterocycles. The lowest BCUT2D eigenvalue weighted by atomic mass is 9.94. The van der Waals surface area contributed by atoms with Crippen LogP contribution in [0.3, 0.4) is 0 Å². The van der Waals surface area contributed by atoms with Crippen LogP contribution in [0.1, 0.15) is 40.5 Å². The number of alkyl halides is 2. The highest BCUT2D eigenvalue weighted by Gasteiger charge is 2.46. The molecule has 2 nitrogen and oxygen atoms in total. The molecular formula is C11H19F2NO. The molecule has 1 rings (SSSR count). The maximum absolute atomic E-state index is 13.2. The number of hydrogen-bond donors (Lipinski definition) is 1. The van der Waals surface area contributed by atoms with E-state index in [2.05, 4.69) is 5.32 Å². The summed E-state index contributed by atoms with van der Waals surface area (Å²) in [5.41, 5.74) is -0.613. The van der Waals surface area contributed by atoms with E-state index in [1.54, 1.807) is 20.8 Å². The Balaban J connectivity index is 2.64. The molecule has 1 saturated carbocycles. The number of rotatable bonds is 3. The Morgan fingerprint density at radius 3 is 2.00 bits per heavy atom. The minimum Gasteiger partial charge on any atom is -0.347 e. The van der Waals surface area contributed by atoms with Gasteiger partial charge >= 0.3 is 0 Å². The molecule has 1 aliphatic carbocycles. The second kappa shape index (κ2) is 3.72. The number of amides is 1. The first-order valence-corrected chi connectivity index (χ1v) is 5.31. The first-order valence-electron chi connectivity index (χ1n) is 5.31. The van der Waals surface area contributed by atoms with Gasteiger partial charge in [0.05, 0.1) is 6.04 Å². The zero-order valence-electron chi connectivity index (χ0n) is 9.73. The van der Waals surface area contributed by atoms with Gasteiger partial charge in [-0.25, -0.2) is 8.78 Å². The lowest BCUT2D eigenvalue weighted by Gasteiger charge is -2.28. The maximum atomic E-state index is 13.2. The molecule has 0 aromatic carbocycles. The average Bonchev–Trinajstić information content (AvgIpc) is 2.77. The average molecular weight is 219 g/mol. The highest BCUT2D eigenvalue weighted by molar-refractivity contribution is 5.81. The quantitative estimate of drug-likeness (QED) is 0.776. The smallest absolute Gasteiger partial charge is 0.265 e. The van der Waals surface area contributed by atoms with E-state index >= 15 is 0 Å². The van der Waals surface area contributed by atoms with Gasteiger partial charge in [0.25, 0.3) is 5.92 Å². The first kappa shape index (κ1) is 12.4. The zero-order chi connectivity index (χ0) is 11.9. The summed E-state index contributed by atoms with van der Waals surface area (Å²) in [5.74, 6) is -3.18. The van der Waals surface area contributed by atoms with Crippen LogP contribution >= 0.6 is 0 Å². The van der Waals surface area contributed by atoms with Crippen LogP contribution in [0.5, 0.6) is 0 Å². The summed E-state index contributed by atoms with van der Waals surface area (Å²) in [6.07, 6.45) is 1.58. The molecule has 0 saturated heterocycles. The van der Waals surface area contributed by atoms with Crippen molar-refractivity contribution in [2.45, 2.75) is 52.5 Å². The van der Waals surface area contributed by atoms with E-state index in [4.69, 9.17) is 0 Å². The number of carbonyl (C=O) groups is 1. The first-order chi connectivity index (χ1) is 6.62. The van der Waals surface area contributed by atoms with Crippen LogP contribution in [0.15, 0.2) is 0 Å². The van der Waals surface area contributed by atoms with Crippen molar-refractivity contribution < 1.29 is 13.6 Å². The molecule has 1 unspecified atom stereocenters. The Labute approximate surface area is 89.4 Å². The van der Waals surface area contributed by atoms with E-state index in [-0.39, 0.29) is 11.8 Å². The van der Waals surface area contributed by atoms with E-state index in [9.17, 15) is 13.6 Å². The van der Waals surface area contributed by atoms with Crippen molar-refractivity contribution in [3.63, 3.8) is 0 Å². The van der Waals surface area contributed by atoms with Gasteiger partial charge < -0.3 is 5.32 Å². The fraction of sp³-hybridized carbons (Fsp3) is 0.909. The third-order valence-corrected chi connectivity index (χ3v) is 2.61. The van der Waals surface area contributed by atoms with Gasteiger partial charge in [0.2, 0.25) is 5.91 Å². The highest BCUT2D eigenvalue weighted by atomic mass is 19.3. The number of nitrogens with one attached hydrogen (secondary N) is 1. The van der Waals surface area contributed by atoms with Crippen molar-refractivity contribution in [1.29, 1.82) is 0 Å². The molecule has 0 aromatic heterocycles. The van der Waals surface area contributed by atoms with Gasteiger partial charge in [-0.3, -0.25) is 4.79 Å². The molecule has 1 amide bonds. The lowest BCUT2D eigenvalue weighted by Crippen LogP contribution is -2.50. The van der Waals surface area contributed by atoms with Crippen molar-refractivity contribution in [2.75, 3.05) is 0 Å². The Bertz CT molecular complexity index is 248. The predicted molar refractivity (Wildman–Crippen MR) is 54.7 cm³/mol. The predicted octanol–water partition coefficient (Wildman–Crippen LogP) is 2.58. The summed E-state index contributed by atoms with van der Waals surface area (Å²) < 4.78 is 26.4. The fourth-order valence-electron chi connectivity index (χ4n) is 1.45. The Morgan fingerprint density at radius 2 is 1.73 bits per heavy atom. The molecule has 1 aliphatic rings. The van der Waals surface area contributed by atoms with Gasteiger partial charge in [-0.15, -0.1) is 0 Å². The molecule has 1 N–H and O–H groups in total. The largest absolute Gasteiger partial charge is 0.347 e. The Kier molecular flexibility index (Phi) is 3.08. The van der Waals surface area contributed by atoms with Crippen LogP contribution in [-0.4, -0.2) is 17.9 Å². The number of halogens is 2. The molecule has 1 atom stereocenters. The summed E-state index contributed by atoms with van der Waals surface area (Å²) in [4.78, 5) is 11.6. The number of carbonyl (C=O) groups excluding carboxylic acids is 1. The normalized spacial score (nSPS) is 19.9. The molecule has 0 radical (unpaired) electrons. The summed E-state index contributed by atoms with van der Waals surface area (Å²) in [6.45, 7) is 6.04. The van der Waals surface area contributed by atoms with Crippen molar-refractivity contribution in [2.24, 2.45) is 11.3 Å². The third-order valence-electron chi connectivity index (χ3n) is 2.61. The van der Waals surface area contributed by atoms with Gasteiger partial charge in [0, 0.05) is 12.3 Å². The third kappa shape index (κ3) is 3.43.